The molecule has 0 unspecified atom stereocenters. The Balaban J connectivity index is 1.37. The van der Waals surface area contributed by atoms with Crippen molar-refractivity contribution in [2.45, 2.75) is 44.6 Å². The fourth-order valence-corrected chi connectivity index (χ4v) is 4.08. The molecule has 4 rings (SSSR count). The van der Waals surface area contributed by atoms with Gasteiger partial charge in [0.15, 0.2) is 0 Å². The lowest BCUT2D eigenvalue weighted by Crippen LogP contribution is -2.44. The molecule has 1 atom stereocenters. The van der Waals surface area contributed by atoms with Gasteiger partial charge < -0.3 is 14.8 Å². The van der Waals surface area contributed by atoms with Crippen molar-refractivity contribution in [3.63, 3.8) is 0 Å². The lowest BCUT2D eigenvalue weighted by molar-refractivity contribution is -0.142. The largest absolute Gasteiger partial charge is 0.363 e. The highest BCUT2D eigenvalue weighted by Crippen LogP contribution is 2.35. The molecule has 0 bridgehead atoms. The van der Waals surface area contributed by atoms with Crippen molar-refractivity contribution in [2.75, 3.05) is 19.6 Å². The molecule has 3 heterocycles. The van der Waals surface area contributed by atoms with Crippen LogP contribution in [0, 0.1) is 11.8 Å². The van der Waals surface area contributed by atoms with Gasteiger partial charge in [-0.2, -0.15) is 0 Å². The molecule has 23 heavy (non-hydrogen) atoms. The molecule has 1 saturated carbocycles. The van der Waals surface area contributed by atoms with Crippen LogP contribution in [-0.2, 0) is 9.59 Å². The van der Waals surface area contributed by atoms with Crippen LogP contribution >= 0.6 is 0 Å². The number of likely N-dealkylation sites (tertiary alicyclic amines) is 2. The number of aromatic amines is 1. The minimum atomic E-state index is 0.0915. The molecule has 3 fully saturated rings. The number of carbonyl (C=O) groups excluding carboxylic acids is 2. The Morgan fingerprint density at radius 1 is 0.957 bits per heavy atom. The SMILES string of the molecule is O=C(C1CC1)N1CCC(C(=O)N2CCC[C@H]2c2ccc[nH]2)CC1. The maximum absolute atomic E-state index is 12.9. The smallest absolute Gasteiger partial charge is 0.226 e. The molecule has 124 valence electrons. The Morgan fingerprint density at radius 2 is 1.70 bits per heavy atom. The van der Waals surface area contributed by atoms with Gasteiger partial charge >= 0.3 is 0 Å². The van der Waals surface area contributed by atoms with E-state index in [9.17, 15) is 9.59 Å². The molecule has 2 aliphatic heterocycles. The molecule has 0 spiro atoms. The second-order valence-corrected chi connectivity index (χ2v) is 7.19. The monoisotopic (exact) mass is 315 g/mol. The molecule has 0 aromatic carbocycles. The summed E-state index contributed by atoms with van der Waals surface area (Å²) in [6, 6.07) is 4.29. The molecular weight excluding hydrogens is 290 g/mol. The number of amides is 2. The van der Waals surface area contributed by atoms with Crippen molar-refractivity contribution in [1.82, 2.24) is 14.8 Å². The van der Waals surface area contributed by atoms with Gasteiger partial charge in [0.1, 0.15) is 0 Å². The van der Waals surface area contributed by atoms with Crippen LogP contribution in [0.3, 0.4) is 0 Å². The van der Waals surface area contributed by atoms with Crippen molar-refractivity contribution in [1.29, 1.82) is 0 Å². The molecule has 0 radical (unpaired) electrons. The second-order valence-electron chi connectivity index (χ2n) is 7.19. The predicted octanol–water partition coefficient (Wildman–Crippen LogP) is 2.33. The number of H-pyrrole nitrogens is 1. The van der Waals surface area contributed by atoms with Crippen LogP contribution in [0.1, 0.15) is 50.3 Å². The van der Waals surface area contributed by atoms with E-state index in [0.29, 0.717) is 11.8 Å². The Bertz CT molecular complexity index is 571. The van der Waals surface area contributed by atoms with E-state index in [1.165, 1.54) is 0 Å². The topological polar surface area (TPSA) is 56.4 Å². The fraction of sp³-hybridized carbons (Fsp3) is 0.667. The molecular formula is C18H25N3O2. The van der Waals surface area contributed by atoms with Crippen molar-refractivity contribution in [3.05, 3.63) is 24.0 Å². The highest BCUT2D eigenvalue weighted by molar-refractivity contribution is 5.82. The highest BCUT2D eigenvalue weighted by Gasteiger charge is 2.38. The first-order valence-corrected chi connectivity index (χ1v) is 8.96. The number of hydrogen-bond acceptors (Lipinski definition) is 2. The lowest BCUT2D eigenvalue weighted by Gasteiger charge is -2.35. The number of nitrogens with one attached hydrogen (secondary N) is 1. The van der Waals surface area contributed by atoms with Crippen LogP contribution in [0.4, 0.5) is 0 Å². The van der Waals surface area contributed by atoms with Crippen molar-refractivity contribution in [3.8, 4) is 0 Å². The summed E-state index contributed by atoms with van der Waals surface area (Å²) < 4.78 is 0. The highest BCUT2D eigenvalue weighted by atomic mass is 16.2. The number of hydrogen-bond donors (Lipinski definition) is 1. The molecule has 1 aliphatic carbocycles. The van der Waals surface area contributed by atoms with E-state index < -0.39 is 0 Å². The first-order valence-electron chi connectivity index (χ1n) is 8.96. The van der Waals surface area contributed by atoms with Crippen LogP contribution in [0.25, 0.3) is 0 Å². The summed E-state index contributed by atoms with van der Waals surface area (Å²) in [4.78, 5) is 32.4. The van der Waals surface area contributed by atoms with Crippen LogP contribution < -0.4 is 0 Å². The van der Waals surface area contributed by atoms with Crippen LogP contribution in [0.15, 0.2) is 18.3 Å². The van der Waals surface area contributed by atoms with E-state index in [2.05, 4.69) is 16.0 Å². The molecule has 2 amide bonds. The number of nitrogens with zero attached hydrogens (tertiary/aromatic N) is 2. The average Bonchev–Trinajstić information content (AvgIpc) is 3.09. The third-order valence-corrected chi connectivity index (χ3v) is 5.60. The third kappa shape index (κ3) is 2.89. The Morgan fingerprint density at radius 3 is 2.35 bits per heavy atom. The van der Waals surface area contributed by atoms with Crippen molar-refractivity contribution >= 4 is 11.8 Å². The quantitative estimate of drug-likeness (QED) is 0.930. The number of piperidine rings is 1. The Kier molecular flexibility index (Phi) is 3.87. The van der Waals surface area contributed by atoms with Crippen LogP contribution in [0.5, 0.6) is 0 Å². The normalized spacial score (nSPS) is 25.8. The zero-order chi connectivity index (χ0) is 15.8. The van der Waals surface area contributed by atoms with Gasteiger partial charge in [-0.1, -0.05) is 0 Å². The number of aromatic nitrogens is 1. The van der Waals surface area contributed by atoms with Gasteiger partial charge in [0.2, 0.25) is 11.8 Å². The Labute approximate surface area is 137 Å². The van der Waals surface area contributed by atoms with E-state index in [1.54, 1.807) is 0 Å². The van der Waals surface area contributed by atoms with Gasteiger partial charge in [0.05, 0.1) is 6.04 Å². The van der Waals surface area contributed by atoms with Gasteiger partial charge in [-0.15, -0.1) is 0 Å². The number of rotatable bonds is 3. The van der Waals surface area contributed by atoms with Gasteiger partial charge in [-0.3, -0.25) is 9.59 Å². The molecule has 1 N–H and O–H groups in total. The summed E-state index contributed by atoms with van der Waals surface area (Å²) in [5.41, 5.74) is 1.15. The maximum atomic E-state index is 12.9. The second kappa shape index (κ2) is 6.02. The van der Waals surface area contributed by atoms with Gasteiger partial charge in [0, 0.05) is 43.4 Å². The van der Waals surface area contributed by atoms with Gasteiger partial charge in [-0.05, 0) is 50.7 Å². The number of carbonyl (C=O) groups is 2. The molecule has 3 aliphatic rings. The zero-order valence-electron chi connectivity index (χ0n) is 13.5. The summed E-state index contributed by atoms with van der Waals surface area (Å²) in [6.45, 7) is 2.38. The van der Waals surface area contributed by atoms with Crippen LogP contribution in [0.2, 0.25) is 0 Å². The minimum absolute atomic E-state index is 0.0915. The summed E-state index contributed by atoms with van der Waals surface area (Å²) >= 11 is 0. The third-order valence-electron chi connectivity index (χ3n) is 5.60. The van der Waals surface area contributed by atoms with Gasteiger partial charge in [-0.25, -0.2) is 0 Å². The maximum Gasteiger partial charge on any atom is 0.226 e. The van der Waals surface area contributed by atoms with Crippen molar-refractivity contribution in [2.24, 2.45) is 11.8 Å². The summed E-state index contributed by atoms with van der Waals surface area (Å²) in [7, 11) is 0. The summed E-state index contributed by atoms with van der Waals surface area (Å²) in [5.74, 6) is 0.994. The van der Waals surface area contributed by atoms with E-state index in [4.69, 9.17) is 0 Å². The van der Waals surface area contributed by atoms with E-state index in [0.717, 1.165) is 63.9 Å². The van der Waals surface area contributed by atoms with E-state index in [1.807, 2.05) is 17.2 Å². The first kappa shape index (κ1) is 14.8. The summed E-state index contributed by atoms with van der Waals surface area (Å²) in [5, 5.41) is 0. The zero-order valence-corrected chi connectivity index (χ0v) is 13.5. The standard InChI is InChI=1S/C18H25N3O2/c22-17(13-5-6-13)20-11-7-14(8-12-20)18(23)21-10-2-4-16(21)15-3-1-9-19-15/h1,3,9,13-14,16,19H,2,4-8,10-12H2/t16-/m0/s1. The molecule has 2 saturated heterocycles. The molecule has 1 aromatic rings. The average molecular weight is 315 g/mol. The molecule has 5 nitrogen and oxygen atoms in total. The fourth-order valence-electron chi connectivity index (χ4n) is 4.08. The predicted molar refractivity (Wildman–Crippen MR) is 86.5 cm³/mol. The Hall–Kier alpha value is -1.78. The van der Waals surface area contributed by atoms with E-state index >= 15 is 0 Å². The minimum Gasteiger partial charge on any atom is -0.363 e. The summed E-state index contributed by atoms with van der Waals surface area (Å²) in [6.07, 6.45) is 7.82. The molecule has 5 heteroatoms. The molecule has 1 aromatic heterocycles. The first-order chi connectivity index (χ1) is 11.2. The van der Waals surface area contributed by atoms with E-state index in [-0.39, 0.29) is 17.9 Å². The van der Waals surface area contributed by atoms with Gasteiger partial charge in [0.25, 0.3) is 0 Å². The van der Waals surface area contributed by atoms with Crippen LogP contribution in [-0.4, -0.2) is 46.2 Å². The lowest BCUT2D eigenvalue weighted by atomic mass is 9.94. The van der Waals surface area contributed by atoms with Crippen molar-refractivity contribution < 1.29 is 9.59 Å².